The minimum absolute atomic E-state index is 0.298. The number of hydrogen-bond donors (Lipinski definition) is 1. The molecular formula is C15H18N2O2S. The van der Waals surface area contributed by atoms with Crippen molar-refractivity contribution in [2.75, 3.05) is 6.54 Å². The molecule has 0 aliphatic rings. The molecule has 2 aromatic rings. The largest absolute Gasteiger partial charge is 0.277 e. The molecule has 0 aliphatic heterocycles. The fraction of sp³-hybridized carbons (Fsp3) is 0.200. The lowest BCUT2D eigenvalue weighted by molar-refractivity contribution is 0.410. The Morgan fingerprint density at radius 1 is 0.850 bits per heavy atom. The average molecular weight is 290 g/mol. The van der Waals surface area contributed by atoms with Crippen LogP contribution >= 0.6 is 0 Å². The number of hydrogen-bond acceptors (Lipinski definition) is 2. The zero-order chi connectivity index (χ0) is 14.4. The van der Waals surface area contributed by atoms with Crippen LogP contribution in [0.15, 0.2) is 60.7 Å². The summed E-state index contributed by atoms with van der Waals surface area (Å²) in [6.07, 6.45) is 0.643. The van der Waals surface area contributed by atoms with E-state index in [1.807, 2.05) is 60.7 Å². The number of nitrogens with two attached hydrogens (primary N) is 1. The van der Waals surface area contributed by atoms with Crippen molar-refractivity contribution in [3.63, 3.8) is 0 Å². The highest BCUT2D eigenvalue weighted by Crippen LogP contribution is 2.09. The minimum Gasteiger partial charge on any atom is -0.216 e. The summed E-state index contributed by atoms with van der Waals surface area (Å²) in [5.74, 6) is 0. The minimum atomic E-state index is -3.70. The van der Waals surface area contributed by atoms with Crippen LogP contribution in [-0.2, 0) is 23.2 Å². The van der Waals surface area contributed by atoms with Crippen LogP contribution in [0.4, 0.5) is 0 Å². The normalized spacial score (nSPS) is 11.7. The Hall–Kier alpha value is -1.69. The molecule has 0 spiro atoms. The Bertz CT molecular complexity index is 627. The van der Waals surface area contributed by atoms with Crippen LogP contribution in [0.1, 0.15) is 11.1 Å². The summed E-state index contributed by atoms with van der Waals surface area (Å²) in [5.41, 5.74) is 2.02. The van der Waals surface area contributed by atoms with E-state index in [1.54, 1.807) is 0 Å². The third-order valence-corrected chi connectivity index (χ3v) is 4.09. The number of rotatable bonds is 6. The van der Waals surface area contributed by atoms with Crippen molar-refractivity contribution >= 4 is 10.2 Å². The molecule has 0 radical (unpaired) electrons. The second-order valence-electron chi connectivity index (χ2n) is 4.60. The average Bonchev–Trinajstić information content (AvgIpc) is 2.44. The molecule has 2 aromatic carbocycles. The molecule has 5 heteroatoms. The molecule has 0 bridgehead atoms. The quantitative estimate of drug-likeness (QED) is 0.883. The summed E-state index contributed by atoms with van der Waals surface area (Å²) in [6.45, 7) is 0.671. The first-order chi connectivity index (χ1) is 9.55. The molecule has 2 N–H and O–H groups in total. The first-order valence-corrected chi connectivity index (χ1v) is 7.92. The summed E-state index contributed by atoms with van der Waals surface area (Å²) < 4.78 is 24.6. The molecule has 0 saturated carbocycles. The van der Waals surface area contributed by atoms with Crippen LogP contribution in [-0.4, -0.2) is 19.3 Å². The zero-order valence-electron chi connectivity index (χ0n) is 11.1. The third-order valence-electron chi connectivity index (χ3n) is 3.05. The highest BCUT2D eigenvalue weighted by atomic mass is 32.2. The Balaban J connectivity index is 2.05. The molecule has 0 atom stereocenters. The van der Waals surface area contributed by atoms with Gasteiger partial charge in [0.2, 0.25) is 0 Å². The lowest BCUT2D eigenvalue weighted by Gasteiger charge is -2.19. The molecule has 0 saturated heterocycles. The van der Waals surface area contributed by atoms with Crippen molar-refractivity contribution in [2.24, 2.45) is 5.14 Å². The van der Waals surface area contributed by atoms with Crippen LogP contribution in [0.3, 0.4) is 0 Å². The standard InChI is InChI=1S/C15H18N2O2S/c16-20(18,19)17(13-15-9-5-2-6-10-15)12-11-14-7-3-1-4-8-14/h1-10H,11-13H2,(H2,16,18,19). The molecule has 0 unspecified atom stereocenters. The van der Waals surface area contributed by atoms with Gasteiger partial charge in [-0.2, -0.15) is 12.7 Å². The van der Waals surface area contributed by atoms with Gasteiger partial charge in [0.05, 0.1) is 0 Å². The summed E-state index contributed by atoms with van der Waals surface area (Å²) in [5, 5.41) is 5.29. The Morgan fingerprint density at radius 2 is 1.35 bits per heavy atom. The third kappa shape index (κ3) is 4.45. The van der Waals surface area contributed by atoms with Gasteiger partial charge in [0, 0.05) is 13.1 Å². The van der Waals surface area contributed by atoms with Gasteiger partial charge in [-0.25, -0.2) is 5.14 Å². The molecule has 0 aromatic heterocycles. The summed E-state index contributed by atoms with van der Waals surface area (Å²) >= 11 is 0. The van der Waals surface area contributed by atoms with Crippen molar-refractivity contribution in [1.29, 1.82) is 0 Å². The lowest BCUT2D eigenvalue weighted by Crippen LogP contribution is -2.37. The van der Waals surface area contributed by atoms with Gasteiger partial charge < -0.3 is 0 Å². The Kier molecular flexibility index (Phi) is 4.89. The highest BCUT2D eigenvalue weighted by Gasteiger charge is 2.17. The van der Waals surface area contributed by atoms with Crippen molar-refractivity contribution < 1.29 is 8.42 Å². The summed E-state index contributed by atoms with van der Waals surface area (Å²) in [6, 6.07) is 19.2. The first-order valence-electron chi connectivity index (χ1n) is 6.41. The van der Waals surface area contributed by atoms with Crippen molar-refractivity contribution in [3.05, 3.63) is 71.8 Å². The van der Waals surface area contributed by atoms with E-state index in [4.69, 9.17) is 5.14 Å². The smallest absolute Gasteiger partial charge is 0.216 e. The number of nitrogens with zero attached hydrogens (tertiary/aromatic N) is 1. The van der Waals surface area contributed by atoms with Crippen LogP contribution in [0.25, 0.3) is 0 Å². The van der Waals surface area contributed by atoms with Gasteiger partial charge in [-0.3, -0.25) is 0 Å². The molecule has 4 nitrogen and oxygen atoms in total. The maximum Gasteiger partial charge on any atom is 0.277 e. The van der Waals surface area contributed by atoms with Crippen LogP contribution in [0, 0.1) is 0 Å². The van der Waals surface area contributed by atoms with Gasteiger partial charge in [-0.15, -0.1) is 0 Å². The van der Waals surface area contributed by atoms with Gasteiger partial charge >= 0.3 is 0 Å². The van der Waals surface area contributed by atoms with E-state index < -0.39 is 10.2 Å². The number of benzene rings is 2. The maximum atomic E-state index is 11.7. The fourth-order valence-electron chi connectivity index (χ4n) is 1.98. The predicted octanol–water partition coefficient (Wildman–Crippen LogP) is 1.93. The first kappa shape index (κ1) is 14.7. The lowest BCUT2D eigenvalue weighted by atomic mass is 10.1. The molecular weight excluding hydrogens is 272 g/mol. The Morgan fingerprint density at radius 3 is 1.85 bits per heavy atom. The second kappa shape index (κ2) is 6.65. The molecule has 106 valence electrons. The highest BCUT2D eigenvalue weighted by molar-refractivity contribution is 7.86. The van der Waals surface area contributed by atoms with Gasteiger partial charge in [0.1, 0.15) is 0 Å². The SMILES string of the molecule is NS(=O)(=O)N(CCc1ccccc1)Cc1ccccc1. The van der Waals surface area contributed by atoms with E-state index >= 15 is 0 Å². The summed E-state index contributed by atoms with van der Waals surface area (Å²) in [7, 11) is -3.70. The van der Waals surface area contributed by atoms with Crippen molar-refractivity contribution in [2.45, 2.75) is 13.0 Å². The second-order valence-corrected chi connectivity index (χ2v) is 6.15. The van der Waals surface area contributed by atoms with Gasteiger partial charge in [0.15, 0.2) is 0 Å². The summed E-state index contributed by atoms with van der Waals surface area (Å²) in [4.78, 5) is 0. The molecule has 0 amide bonds. The fourth-order valence-corrected chi connectivity index (χ4v) is 2.66. The van der Waals surface area contributed by atoms with Gasteiger partial charge in [-0.1, -0.05) is 60.7 Å². The van der Waals surface area contributed by atoms with Crippen LogP contribution in [0.5, 0.6) is 0 Å². The van der Waals surface area contributed by atoms with Crippen molar-refractivity contribution in [3.8, 4) is 0 Å². The van der Waals surface area contributed by atoms with E-state index in [0.29, 0.717) is 19.5 Å². The molecule has 0 fully saturated rings. The predicted molar refractivity (Wildman–Crippen MR) is 80.1 cm³/mol. The van der Waals surface area contributed by atoms with E-state index in [2.05, 4.69) is 0 Å². The maximum absolute atomic E-state index is 11.7. The zero-order valence-corrected chi connectivity index (χ0v) is 12.0. The van der Waals surface area contributed by atoms with E-state index in [9.17, 15) is 8.42 Å². The topological polar surface area (TPSA) is 63.4 Å². The molecule has 2 rings (SSSR count). The van der Waals surface area contributed by atoms with Crippen molar-refractivity contribution in [1.82, 2.24) is 4.31 Å². The monoisotopic (exact) mass is 290 g/mol. The van der Waals surface area contributed by atoms with E-state index in [1.165, 1.54) is 4.31 Å². The van der Waals surface area contributed by atoms with E-state index in [-0.39, 0.29) is 0 Å². The Labute approximate surface area is 120 Å². The van der Waals surface area contributed by atoms with Crippen LogP contribution in [0.2, 0.25) is 0 Å². The van der Waals surface area contributed by atoms with Crippen LogP contribution < -0.4 is 5.14 Å². The molecule has 0 aliphatic carbocycles. The van der Waals surface area contributed by atoms with Gasteiger partial charge in [0.25, 0.3) is 10.2 Å². The van der Waals surface area contributed by atoms with E-state index in [0.717, 1.165) is 11.1 Å². The van der Waals surface area contributed by atoms with Gasteiger partial charge in [-0.05, 0) is 17.5 Å². The molecule has 0 heterocycles. The molecule has 20 heavy (non-hydrogen) atoms.